The van der Waals surface area contributed by atoms with Gasteiger partial charge in [-0.3, -0.25) is 19.8 Å². The largest absolute Gasteiger partial charge is 0.469 e. The zero-order chi connectivity index (χ0) is 23.5. The lowest BCUT2D eigenvalue weighted by atomic mass is 10.2. The first-order chi connectivity index (χ1) is 16.5. The van der Waals surface area contributed by atoms with E-state index in [2.05, 4.69) is 25.3 Å². The van der Waals surface area contributed by atoms with Gasteiger partial charge in [-0.2, -0.15) is 4.98 Å². The van der Waals surface area contributed by atoms with Crippen molar-refractivity contribution in [1.82, 2.24) is 24.9 Å². The van der Waals surface area contributed by atoms with Crippen LogP contribution >= 0.6 is 22.7 Å². The molecule has 0 aromatic carbocycles. The van der Waals surface area contributed by atoms with Crippen LogP contribution < -0.4 is 5.32 Å². The van der Waals surface area contributed by atoms with Crippen LogP contribution in [0.25, 0.3) is 10.7 Å². The molecule has 0 atom stereocenters. The first-order valence-electron chi connectivity index (χ1n) is 10.7. The molecule has 0 saturated carbocycles. The van der Waals surface area contributed by atoms with Crippen LogP contribution in [0.3, 0.4) is 0 Å². The maximum atomic E-state index is 12.8. The maximum absolute atomic E-state index is 12.8. The Morgan fingerprint density at radius 3 is 2.74 bits per heavy atom. The molecule has 1 fully saturated rings. The van der Waals surface area contributed by atoms with Crippen molar-refractivity contribution < 1.29 is 18.5 Å². The quantitative estimate of drug-likeness (QED) is 0.412. The zero-order valence-corrected chi connectivity index (χ0v) is 20.0. The highest BCUT2D eigenvalue weighted by atomic mass is 32.1. The Morgan fingerprint density at radius 1 is 1.15 bits per heavy atom. The second kappa shape index (κ2) is 9.87. The Bertz CT molecular complexity index is 1270. The third kappa shape index (κ3) is 5.08. The van der Waals surface area contributed by atoms with Crippen LogP contribution in [0.2, 0.25) is 0 Å². The monoisotopic (exact) mass is 498 g/mol. The molecular weight excluding hydrogens is 476 g/mol. The number of nitrogens with one attached hydrogen (secondary N) is 1. The Labute approximate surface area is 203 Å². The highest BCUT2D eigenvalue weighted by Gasteiger charge is 2.24. The number of hydrogen-bond acceptors (Lipinski definition) is 10. The van der Waals surface area contributed by atoms with Gasteiger partial charge in [-0.05, 0) is 24.4 Å². The molecule has 5 heterocycles. The fourth-order valence-corrected chi connectivity index (χ4v) is 5.02. The third-order valence-corrected chi connectivity index (χ3v) is 7.17. The number of carbonyl (C=O) groups excluding carboxylic acids is 2. The topological polar surface area (TPSA) is 118 Å². The molecule has 1 N–H and O–H groups in total. The summed E-state index contributed by atoms with van der Waals surface area (Å²) in [6, 6.07) is 5.53. The first-order valence-corrected chi connectivity index (χ1v) is 12.5. The second-order valence-corrected chi connectivity index (χ2v) is 9.62. The van der Waals surface area contributed by atoms with Crippen molar-refractivity contribution in [2.45, 2.75) is 19.9 Å². The highest BCUT2D eigenvalue weighted by Crippen LogP contribution is 2.22. The van der Waals surface area contributed by atoms with E-state index in [9.17, 15) is 9.59 Å². The van der Waals surface area contributed by atoms with Gasteiger partial charge < -0.3 is 13.8 Å². The van der Waals surface area contributed by atoms with E-state index in [4.69, 9.17) is 8.94 Å². The molecule has 1 aliphatic rings. The number of thiophene rings is 1. The van der Waals surface area contributed by atoms with Crippen molar-refractivity contribution in [1.29, 1.82) is 0 Å². The second-order valence-electron chi connectivity index (χ2n) is 7.81. The predicted octanol–water partition coefficient (Wildman–Crippen LogP) is 3.30. The summed E-state index contributed by atoms with van der Waals surface area (Å²) in [5.41, 5.74) is 1.11. The molecule has 10 nitrogen and oxygen atoms in total. The van der Waals surface area contributed by atoms with Crippen LogP contribution in [-0.2, 0) is 17.8 Å². The lowest BCUT2D eigenvalue weighted by Gasteiger charge is -2.33. The number of anilines is 1. The van der Waals surface area contributed by atoms with Crippen LogP contribution in [0.15, 0.2) is 44.2 Å². The Balaban J connectivity index is 1.09. The average Bonchev–Trinajstić information content (AvgIpc) is 3.62. The summed E-state index contributed by atoms with van der Waals surface area (Å²) >= 11 is 2.87. The summed E-state index contributed by atoms with van der Waals surface area (Å²) in [4.78, 5) is 38.9. The van der Waals surface area contributed by atoms with Crippen LogP contribution in [-0.4, -0.2) is 62.9 Å². The summed E-state index contributed by atoms with van der Waals surface area (Å²) in [7, 11) is 0. The van der Waals surface area contributed by atoms with E-state index < -0.39 is 0 Å². The number of rotatable bonds is 7. The molecule has 0 aliphatic carbocycles. The summed E-state index contributed by atoms with van der Waals surface area (Å²) in [5, 5.41) is 11.0. The average molecular weight is 499 g/mol. The van der Waals surface area contributed by atoms with Gasteiger partial charge in [0.25, 0.3) is 5.91 Å². The standard InChI is InChI=1S/C22H22N6O4S2/c1-14-16(4-9-31-14)21(30)25-22-23-15(13-34-22)11-19(29)28-7-5-27(6-8-28)12-18-24-20(26-32-18)17-3-2-10-33-17/h2-4,9-10,13H,5-8,11-12H2,1H3,(H,23,25,30). The summed E-state index contributed by atoms with van der Waals surface area (Å²) < 4.78 is 10.5. The fraction of sp³-hybridized carbons (Fsp3) is 0.318. The Kier molecular flexibility index (Phi) is 6.52. The van der Waals surface area contributed by atoms with Crippen molar-refractivity contribution in [3.63, 3.8) is 0 Å². The number of furan rings is 1. The minimum absolute atomic E-state index is 0.0197. The summed E-state index contributed by atoms with van der Waals surface area (Å²) in [5.74, 6) is 1.47. The van der Waals surface area contributed by atoms with Crippen LogP contribution in [0, 0.1) is 6.92 Å². The molecule has 0 spiro atoms. The number of thiazole rings is 1. The van der Waals surface area contributed by atoms with Gasteiger partial charge in [-0.15, -0.1) is 22.7 Å². The van der Waals surface area contributed by atoms with E-state index >= 15 is 0 Å². The van der Waals surface area contributed by atoms with E-state index in [0.29, 0.717) is 53.5 Å². The minimum Gasteiger partial charge on any atom is -0.469 e. The van der Waals surface area contributed by atoms with Crippen molar-refractivity contribution >= 4 is 39.6 Å². The van der Waals surface area contributed by atoms with E-state index in [1.807, 2.05) is 22.4 Å². The molecule has 4 aromatic rings. The van der Waals surface area contributed by atoms with Crippen molar-refractivity contribution in [3.05, 3.63) is 58.1 Å². The van der Waals surface area contributed by atoms with Crippen LogP contribution in [0.1, 0.15) is 27.7 Å². The zero-order valence-electron chi connectivity index (χ0n) is 18.4. The Hall–Kier alpha value is -3.35. The third-order valence-electron chi connectivity index (χ3n) is 5.50. The molecule has 0 bridgehead atoms. The first kappa shape index (κ1) is 22.4. The van der Waals surface area contributed by atoms with Gasteiger partial charge in [0, 0.05) is 31.6 Å². The number of piperazine rings is 1. The molecule has 34 heavy (non-hydrogen) atoms. The Morgan fingerprint density at radius 2 is 2.00 bits per heavy atom. The number of amides is 2. The molecular formula is C22H22N6O4S2. The maximum Gasteiger partial charge on any atom is 0.260 e. The highest BCUT2D eigenvalue weighted by molar-refractivity contribution is 7.14. The number of aryl methyl sites for hydroxylation is 1. The number of hydrogen-bond donors (Lipinski definition) is 1. The van der Waals surface area contributed by atoms with Crippen LogP contribution in [0.5, 0.6) is 0 Å². The van der Waals surface area contributed by atoms with Gasteiger partial charge in [-0.25, -0.2) is 4.98 Å². The molecule has 12 heteroatoms. The van der Waals surface area contributed by atoms with Crippen LogP contribution in [0.4, 0.5) is 5.13 Å². The van der Waals surface area contributed by atoms with E-state index in [1.165, 1.54) is 17.6 Å². The molecule has 1 aliphatic heterocycles. The molecule has 1 saturated heterocycles. The van der Waals surface area contributed by atoms with Gasteiger partial charge in [-0.1, -0.05) is 11.2 Å². The SMILES string of the molecule is Cc1occc1C(=O)Nc1nc(CC(=O)N2CCN(Cc3nc(-c4cccs4)no3)CC2)cs1. The summed E-state index contributed by atoms with van der Waals surface area (Å²) in [6.45, 7) is 4.99. The lowest BCUT2D eigenvalue weighted by molar-refractivity contribution is -0.132. The molecule has 5 rings (SSSR count). The van der Waals surface area contributed by atoms with Gasteiger partial charge in [0.05, 0.1) is 35.4 Å². The predicted molar refractivity (Wildman–Crippen MR) is 127 cm³/mol. The van der Waals surface area contributed by atoms with Gasteiger partial charge >= 0.3 is 0 Å². The van der Waals surface area contributed by atoms with E-state index in [0.717, 1.165) is 18.0 Å². The number of nitrogens with zero attached hydrogens (tertiary/aromatic N) is 5. The minimum atomic E-state index is -0.279. The molecule has 0 radical (unpaired) electrons. The smallest absolute Gasteiger partial charge is 0.260 e. The lowest BCUT2D eigenvalue weighted by Crippen LogP contribution is -2.48. The van der Waals surface area contributed by atoms with Crippen molar-refractivity contribution in [2.75, 3.05) is 31.5 Å². The van der Waals surface area contributed by atoms with Gasteiger partial charge in [0.1, 0.15) is 5.76 Å². The summed E-state index contributed by atoms with van der Waals surface area (Å²) in [6.07, 6.45) is 1.67. The van der Waals surface area contributed by atoms with Crippen molar-refractivity contribution in [2.24, 2.45) is 0 Å². The molecule has 176 valence electrons. The molecule has 4 aromatic heterocycles. The normalized spacial score (nSPS) is 14.4. The van der Waals surface area contributed by atoms with E-state index in [1.54, 1.807) is 29.7 Å². The van der Waals surface area contributed by atoms with Gasteiger partial charge in [0.15, 0.2) is 5.13 Å². The molecule has 2 amide bonds. The van der Waals surface area contributed by atoms with Gasteiger partial charge in [0.2, 0.25) is 17.6 Å². The fourth-order valence-electron chi connectivity index (χ4n) is 3.67. The van der Waals surface area contributed by atoms with E-state index in [-0.39, 0.29) is 18.2 Å². The van der Waals surface area contributed by atoms with Crippen molar-refractivity contribution in [3.8, 4) is 10.7 Å². The number of aromatic nitrogens is 3. The number of carbonyl (C=O) groups is 2. The molecule has 0 unspecified atom stereocenters.